The molecule has 6 nitrogen and oxygen atoms in total. The highest BCUT2D eigenvalue weighted by Gasteiger charge is 2.46. The molecular formula is C24H30N2O4. The maximum Gasteiger partial charge on any atom is 0.320 e. The number of benzene rings is 1. The molecule has 0 bridgehead atoms. The maximum absolute atomic E-state index is 12.8. The first-order valence-electron chi connectivity index (χ1n) is 10.9. The Balaban J connectivity index is 1.72. The molecule has 0 unspecified atom stereocenters. The number of hydrogen-bond donors (Lipinski definition) is 1. The number of esters is 2. The number of piperidine rings is 1. The molecule has 1 N–H and O–H groups in total. The number of aromatic nitrogens is 1. The highest BCUT2D eigenvalue weighted by atomic mass is 16.6. The minimum atomic E-state index is -0.923. The highest BCUT2D eigenvalue weighted by Crippen LogP contribution is 2.45. The molecule has 0 amide bonds. The van der Waals surface area contributed by atoms with Crippen LogP contribution < -0.4 is 0 Å². The van der Waals surface area contributed by atoms with Crippen molar-refractivity contribution in [2.75, 3.05) is 26.3 Å². The fraction of sp³-hybridized carbons (Fsp3) is 0.500. The Hall–Kier alpha value is -2.60. The van der Waals surface area contributed by atoms with Crippen LogP contribution in [0.15, 0.2) is 35.9 Å². The zero-order chi connectivity index (χ0) is 21.3. The number of carbonyl (C=O) groups is 2. The Kier molecular flexibility index (Phi) is 5.95. The molecule has 1 fully saturated rings. The first kappa shape index (κ1) is 20.7. The monoisotopic (exact) mass is 410 g/mol. The Morgan fingerprint density at radius 1 is 1.20 bits per heavy atom. The van der Waals surface area contributed by atoms with Crippen molar-refractivity contribution < 1.29 is 19.1 Å². The van der Waals surface area contributed by atoms with E-state index in [0.717, 1.165) is 30.6 Å². The Morgan fingerprint density at radius 3 is 2.57 bits per heavy atom. The summed E-state index contributed by atoms with van der Waals surface area (Å²) in [7, 11) is 0. The summed E-state index contributed by atoms with van der Waals surface area (Å²) in [6.07, 6.45) is 3.73. The van der Waals surface area contributed by atoms with Gasteiger partial charge < -0.3 is 14.5 Å². The molecule has 4 rings (SSSR count). The lowest BCUT2D eigenvalue weighted by atomic mass is 9.75. The van der Waals surface area contributed by atoms with Gasteiger partial charge in [-0.25, -0.2) is 0 Å². The SMILES string of the molecule is C/C=C1/CN2CCc3c([nH]c4ccccc34)[C@@H]2C[C@H]1C(C(=O)OCC)C(=O)OCC. The minimum absolute atomic E-state index is 0.140. The van der Waals surface area contributed by atoms with Crippen molar-refractivity contribution in [3.63, 3.8) is 0 Å². The van der Waals surface area contributed by atoms with Gasteiger partial charge in [0.15, 0.2) is 5.92 Å². The lowest BCUT2D eigenvalue weighted by Crippen LogP contribution is -2.47. The third-order valence-corrected chi connectivity index (χ3v) is 6.46. The normalized spacial score (nSPS) is 22.7. The first-order chi connectivity index (χ1) is 14.6. The Morgan fingerprint density at radius 2 is 1.90 bits per heavy atom. The van der Waals surface area contributed by atoms with Crippen molar-refractivity contribution in [3.05, 3.63) is 47.2 Å². The number of H-pyrrole nitrogens is 1. The van der Waals surface area contributed by atoms with Gasteiger partial charge in [-0.05, 0) is 45.2 Å². The van der Waals surface area contributed by atoms with Crippen molar-refractivity contribution in [2.45, 2.75) is 39.7 Å². The molecule has 0 saturated carbocycles. The van der Waals surface area contributed by atoms with Crippen LogP contribution >= 0.6 is 0 Å². The summed E-state index contributed by atoms with van der Waals surface area (Å²) in [4.78, 5) is 31.7. The number of hydrogen-bond acceptors (Lipinski definition) is 5. The molecule has 2 aliphatic heterocycles. The number of nitrogens with one attached hydrogen (secondary N) is 1. The molecule has 2 aromatic rings. The predicted molar refractivity (Wildman–Crippen MR) is 115 cm³/mol. The minimum Gasteiger partial charge on any atom is -0.465 e. The third kappa shape index (κ3) is 3.54. The van der Waals surface area contributed by atoms with E-state index in [4.69, 9.17) is 9.47 Å². The summed E-state index contributed by atoms with van der Waals surface area (Å²) >= 11 is 0. The summed E-state index contributed by atoms with van der Waals surface area (Å²) in [5.74, 6) is -2.12. The van der Waals surface area contributed by atoms with Crippen molar-refractivity contribution in [1.29, 1.82) is 0 Å². The second-order valence-corrected chi connectivity index (χ2v) is 7.99. The predicted octanol–water partition coefficient (Wildman–Crippen LogP) is 3.78. The fourth-order valence-electron chi connectivity index (χ4n) is 5.11. The van der Waals surface area contributed by atoms with E-state index in [0.29, 0.717) is 6.42 Å². The zero-order valence-electron chi connectivity index (χ0n) is 17.9. The van der Waals surface area contributed by atoms with Crippen molar-refractivity contribution in [1.82, 2.24) is 9.88 Å². The van der Waals surface area contributed by atoms with E-state index >= 15 is 0 Å². The molecule has 6 heteroatoms. The number of nitrogens with zero attached hydrogens (tertiary/aromatic N) is 1. The van der Waals surface area contributed by atoms with E-state index in [9.17, 15) is 9.59 Å². The molecule has 0 spiro atoms. The van der Waals surface area contributed by atoms with Crippen molar-refractivity contribution in [2.24, 2.45) is 11.8 Å². The smallest absolute Gasteiger partial charge is 0.320 e. The number of rotatable bonds is 5. The van der Waals surface area contributed by atoms with Gasteiger partial charge >= 0.3 is 11.9 Å². The topological polar surface area (TPSA) is 71.6 Å². The third-order valence-electron chi connectivity index (χ3n) is 6.46. The van der Waals surface area contributed by atoms with Gasteiger partial charge in [-0.3, -0.25) is 14.5 Å². The van der Waals surface area contributed by atoms with Crippen LogP contribution in [0.2, 0.25) is 0 Å². The van der Waals surface area contributed by atoms with Crippen LogP contribution in [-0.2, 0) is 25.5 Å². The number of para-hydroxylation sites is 1. The average molecular weight is 411 g/mol. The molecule has 1 aromatic heterocycles. The van der Waals surface area contributed by atoms with Gasteiger partial charge in [0.25, 0.3) is 0 Å². The molecular weight excluding hydrogens is 380 g/mol. The van der Waals surface area contributed by atoms with E-state index in [1.165, 1.54) is 16.6 Å². The largest absolute Gasteiger partial charge is 0.465 e. The van der Waals surface area contributed by atoms with E-state index in [-0.39, 0.29) is 25.2 Å². The van der Waals surface area contributed by atoms with Crippen LogP contribution in [0.1, 0.15) is 44.5 Å². The highest BCUT2D eigenvalue weighted by molar-refractivity contribution is 5.95. The summed E-state index contributed by atoms with van der Waals surface area (Å²) < 4.78 is 10.6. The van der Waals surface area contributed by atoms with Gasteiger partial charge in [0.1, 0.15) is 0 Å². The first-order valence-corrected chi connectivity index (χ1v) is 10.9. The number of aromatic amines is 1. The number of allylic oxidation sites excluding steroid dienone is 1. The van der Waals surface area contributed by atoms with Crippen LogP contribution in [0.3, 0.4) is 0 Å². The van der Waals surface area contributed by atoms with Crippen LogP contribution in [0.5, 0.6) is 0 Å². The van der Waals surface area contributed by atoms with E-state index < -0.39 is 17.9 Å². The van der Waals surface area contributed by atoms with Gasteiger partial charge in [0.2, 0.25) is 0 Å². The molecule has 3 heterocycles. The Bertz CT molecular complexity index is 959. The summed E-state index contributed by atoms with van der Waals surface area (Å²) in [6.45, 7) is 7.70. The van der Waals surface area contributed by atoms with E-state index in [2.05, 4.69) is 28.1 Å². The van der Waals surface area contributed by atoms with Gasteiger partial charge in [0, 0.05) is 35.6 Å². The quantitative estimate of drug-likeness (QED) is 0.461. The summed E-state index contributed by atoms with van der Waals surface area (Å²) in [6, 6.07) is 8.53. The number of ether oxygens (including phenoxy) is 2. The average Bonchev–Trinajstić information content (AvgIpc) is 3.13. The lowest BCUT2D eigenvalue weighted by molar-refractivity contribution is -0.164. The van der Waals surface area contributed by atoms with Crippen molar-refractivity contribution >= 4 is 22.8 Å². The molecule has 2 atom stereocenters. The Labute approximate surface area is 177 Å². The second kappa shape index (κ2) is 8.64. The molecule has 0 aliphatic carbocycles. The summed E-state index contributed by atoms with van der Waals surface area (Å²) in [5, 5.41) is 1.27. The van der Waals surface area contributed by atoms with Gasteiger partial charge in [-0.15, -0.1) is 0 Å². The van der Waals surface area contributed by atoms with Crippen LogP contribution in [0.25, 0.3) is 10.9 Å². The molecule has 1 saturated heterocycles. The maximum atomic E-state index is 12.8. The van der Waals surface area contributed by atoms with Crippen LogP contribution in [0, 0.1) is 11.8 Å². The number of carbonyl (C=O) groups excluding carboxylic acids is 2. The van der Waals surface area contributed by atoms with E-state index in [1.54, 1.807) is 13.8 Å². The lowest BCUT2D eigenvalue weighted by Gasteiger charge is -2.44. The molecule has 30 heavy (non-hydrogen) atoms. The molecule has 1 aromatic carbocycles. The number of fused-ring (bicyclic) bond motifs is 5. The molecule has 0 radical (unpaired) electrons. The zero-order valence-corrected chi connectivity index (χ0v) is 17.9. The molecule has 2 aliphatic rings. The standard InChI is InChI=1S/C24H30N2O4/c1-4-15-14-26-12-11-17-16-9-7-8-10-19(16)25-22(17)20(26)13-18(15)21(23(27)29-5-2)24(28)30-6-3/h4,7-10,18,20-21,25H,5-6,11-14H2,1-3H3/b15-4-/t18-,20+/m1/s1. The summed E-state index contributed by atoms with van der Waals surface area (Å²) in [5.41, 5.74) is 4.83. The second-order valence-electron chi connectivity index (χ2n) is 7.99. The van der Waals surface area contributed by atoms with Gasteiger partial charge in [0.05, 0.1) is 19.3 Å². The van der Waals surface area contributed by atoms with Crippen molar-refractivity contribution in [3.8, 4) is 0 Å². The molecule has 160 valence electrons. The fourth-order valence-corrected chi connectivity index (χ4v) is 5.11. The van der Waals surface area contributed by atoms with Gasteiger partial charge in [-0.2, -0.15) is 0 Å². The van der Waals surface area contributed by atoms with Crippen LogP contribution in [-0.4, -0.2) is 48.1 Å². The van der Waals surface area contributed by atoms with Gasteiger partial charge in [-0.1, -0.05) is 29.8 Å². The van der Waals surface area contributed by atoms with E-state index in [1.807, 2.05) is 19.1 Å². The van der Waals surface area contributed by atoms with Crippen LogP contribution in [0.4, 0.5) is 0 Å².